The highest BCUT2D eigenvalue weighted by atomic mass is 32.1. The summed E-state index contributed by atoms with van der Waals surface area (Å²) in [6.07, 6.45) is 2.33. The largest absolute Gasteiger partial charge is 0.309 e. The molecule has 3 heteroatoms. The van der Waals surface area contributed by atoms with E-state index in [1.165, 1.54) is 64.2 Å². The van der Waals surface area contributed by atoms with Crippen LogP contribution in [0, 0.1) is 0 Å². The number of hydrogen-bond acceptors (Lipinski definition) is 2. The van der Waals surface area contributed by atoms with Crippen molar-refractivity contribution < 1.29 is 0 Å². The maximum atomic E-state index is 2.44. The summed E-state index contributed by atoms with van der Waals surface area (Å²) in [4.78, 5) is 2.43. The van der Waals surface area contributed by atoms with Crippen molar-refractivity contribution in [3.05, 3.63) is 241 Å². The average Bonchev–Trinajstić information content (AvgIpc) is 3.86. The van der Waals surface area contributed by atoms with Crippen LogP contribution in [-0.2, 0) is 0 Å². The van der Waals surface area contributed by atoms with Crippen LogP contribution in [0.15, 0.2) is 224 Å². The Labute approximate surface area is 347 Å². The van der Waals surface area contributed by atoms with E-state index in [4.69, 9.17) is 0 Å². The van der Waals surface area contributed by atoms with Gasteiger partial charge in [0.25, 0.3) is 0 Å². The molecule has 0 saturated heterocycles. The maximum absolute atomic E-state index is 2.44. The van der Waals surface area contributed by atoms with Crippen molar-refractivity contribution >= 4 is 82.0 Å². The number of thiophene rings is 1. The van der Waals surface area contributed by atoms with Gasteiger partial charge in [-0.1, -0.05) is 158 Å². The molecule has 278 valence electrons. The van der Waals surface area contributed by atoms with Crippen LogP contribution in [0.4, 0.5) is 17.1 Å². The van der Waals surface area contributed by atoms with E-state index in [9.17, 15) is 0 Å². The fourth-order valence-corrected chi connectivity index (χ4v) is 9.93. The zero-order chi connectivity index (χ0) is 39.1. The van der Waals surface area contributed by atoms with Crippen molar-refractivity contribution in [2.75, 3.05) is 4.90 Å². The second-order valence-electron chi connectivity index (χ2n) is 14.9. The van der Waals surface area contributed by atoms with E-state index < -0.39 is 0 Å². The lowest BCUT2D eigenvalue weighted by atomic mass is 9.92. The van der Waals surface area contributed by atoms with Crippen LogP contribution in [0.5, 0.6) is 0 Å². The van der Waals surface area contributed by atoms with Crippen molar-refractivity contribution in [3.8, 4) is 16.8 Å². The summed E-state index contributed by atoms with van der Waals surface area (Å²) in [6, 6.07) is 81.2. The smallest absolute Gasteiger partial charge is 0.0646 e. The minimum atomic E-state index is 1.11. The standard InChI is InChI=1S/C56H38N2S/c1-6-19-39(20-7-1)35-49(40-21-8-2-9-22-40)42-36-50-55-46(41-33-34-48-47-29-16-17-31-51(47)58(52(48)37-41)45-27-14-5-15-28-45)30-18-32-54(55)59-56(50)53(38-42)57(43-23-10-3-11-24-43)44-25-12-4-13-26-44/h1-38H/b49-35+. The maximum Gasteiger partial charge on any atom is 0.0646 e. The quantitative estimate of drug-likeness (QED) is 0.140. The molecule has 9 aromatic carbocycles. The lowest BCUT2D eigenvalue weighted by Gasteiger charge is -2.27. The van der Waals surface area contributed by atoms with E-state index in [1.54, 1.807) is 0 Å². The Balaban J connectivity index is 1.23. The van der Waals surface area contributed by atoms with Gasteiger partial charge < -0.3 is 9.47 Å². The van der Waals surface area contributed by atoms with Crippen molar-refractivity contribution in [1.82, 2.24) is 4.57 Å². The van der Waals surface area contributed by atoms with Gasteiger partial charge in [0.15, 0.2) is 0 Å². The third-order valence-corrected chi connectivity index (χ3v) is 12.5. The van der Waals surface area contributed by atoms with Crippen molar-refractivity contribution in [1.29, 1.82) is 0 Å². The minimum absolute atomic E-state index is 1.11. The molecule has 59 heavy (non-hydrogen) atoms. The van der Waals surface area contributed by atoms with Crippen LogP contribution in [0.2, 0.25) is 0 Å². The van der Waals surface area contributed by atoms with E-state index in [1.807, 2.05) is 11.3 Å². The number of fused-ring (bicyclic) bond motifs is 6. The van der Waals surface area contributed by atoms with E-state index in [0.717, 1.165) is 33.9 Å². The molecule has 0 amide bonds. The lowest BCUT2D eigenvalue weighted by Crippen LogP contribution is -2.10. The third kappa shape index (κ3) is 6.20. The van der Waals surface area contributed by atoms with Crippen LogP contribution in [0.25, 0.3) is 70.4 Å². The zero-order valence-electron chi connectivity index (χ0n) is 32.2. The Morgan fingerprint density at radius 1 is 0.458 bits per heavy atom. The number of nitrogens with zero attached hydrogens (tertiary/aromatic N) is 2. The summed E-state index contributed by atoms with van der Waals surface area (Å²) in [5, 5.41) is 5.01. The monoisotopic (exact) mass is 770 g/mol. The number of aromatic nitrogens is 1. The summed E-state index contributed by atoms with van der Waals surface area (Å²) in [5.41, 5.74) is 14.0. The molecule has 0 aliphatic rings. The summed E-state index contributed by atoms with van der Waals surface area (Å²) in [6.45, 7) is 0. The molecule has 0 spiro atoms. The Morgan fingerprint density at radius 2 is 1.07 bits per heavy atom. The van der Waals surface area contributed by atoms with Crippen LogP contribution in [-0.4, -0.2) is 4.57 Å². The van der Waals surface area contributed by atoms with Crippen LogP contribution < -0.4 is 4.90 Å². The van der Waals surface area contributed by atoms with Gasteiger partial charge in [0.1, 0.15) is 0 Å². The van der Waals surface area contributed by atoms with Gasteiger partial charge in [-0.25, -0.2) is 0 Å². The molecule has 11 rings (SSSR count). The highest BCUT2D eigenvalue weighted by Gasteiger charge is 2.23. The summed E-state index contributed by atoms with van der Waals surface area (Å²) in [5.74, 6) is 0. The number of hydrogen-bond donors (Lipinski definition) is 0. The second kappa shape index (κ2) is 14.8. The van der Waals surface area contributed by atoms with Gasteiger partial charge in [-0.05, 0) is 106 Å². The molecule has 0 bridgehead atoms. The predicted molar refractivity (Wildman–Crippen MR) is 254 cm³/mol. The fraction of sp³-hybridized carbons (Fsp3) is 0. The molecule has 2 aromatic heterocycles. The van der Waals surface area contributed by atoms with Crippen molar-refractivity contribution in [2.45, 2.75) is 0 Å². The first-order chi connectivity index (χ1) is 29.3. The molecule has 11 aromatic rings. The lowest BCUT2D eigenvalue weighted by molar-refractivity contribution is 1.18. The Kier molecular flexibility index (Phi) is 8.72. The van der Waals surface area contributed by atoms with E-state index in [2.05, 4.69) is 240 Å². The van der Waals surface area contributed by atoms with Crippen LogP contribution in [0.1, 0.15) is 16.7 Å². The van der Waals surface area contributed by atoms with Gasteiger partial charge >= 0.3 is 0 Å². The predicted octanol–water partition coefficient (Wildman–Crippen LogP) is 15.9. The zero-order valence-corrected chi connectivity index (χ0v) is 33.1. The first-order valence-corrected chi connectivity index (χ1v) is 20.9. The van der Waals surface area contributed by atoms with Gasteiger partial charge in [0, 0.05) is 43.3 Å². The van der Waals surface area contributed by atoms with Crippen LogP contribution in [0.3, 0.4) is 0 Å². The van der Waals surface area contributed by atoms with Crippen molar-refractivity contribution in [2.24, 2.45) is 0 Å². The van der Waals surface area contributed by atoms with Gasteiger partial charge in [0.2, 0.25) is 0 Å². The molecule has 0 fully saturated rings. The van der Waals surface area contributed by atoms with Gasteiger partial charge in [-0.3, -0.25) is 0 Å². The topological polar surface area (TPSA) is 8.17 Å². The molecule has 2 nitrogen and oxygen atoms in total. The first kappa shape index (κ1) is 34.8. The SMILES string of the molecule is C(=C(/c1ccccc1)c1cc(N(c2ccccc2)c2ccccc2)c2sc3cccc(-c4ccc5c6ccccc6n(-c6ccccc6)c5c4)c3c2c1)/c1ccccc1. The van der Waals surface area contributed by atoms with E-state index in [0.29, 0.717) is 0 Å². The Hall–Kier alpha value is -7.46. The molecule has 0 unspecified atom stereocenters. The molecule has 0 N–H and O–H groups in total. The third-order valence-electron chi connectivity index (χ3n) is 11.4. The normalized spacial score (nSPS) is 11.8. The highest BCUT2D eigenvalue weighted by molar-refractivity contribution is 7.26. The molecule has 0 atom stereocenters. The number of para-hydroxylation sites is 4. The number of anilines is 3. The highest BCUT2D eigenvalue weighted by Crippen LogP contribution is 2.49. The molecular weight excluding hydrogens is 733 g/mol. The van der Waals surface area contributed by atoms with Gasteiger partial charge in [-0.15, -0.1) is 11.3 Å². The van der Waals surface area contributed by atoms with E-state index >= 15 is 0 Å². The Morgan fingerprint density at radius 3 is 1.78 bits per heavy atom. The molecule has 0 saturated carbocycles. The fourth-order valence-electron chi connectivity index (χ4n) is 8.71. The van der Waals surface area contributed by atoms with E-state index in [-0.39, 0.29) is 0 Å². The average molecular weight is 771 g/mol. The minimum Gasteiger partial charge on any atom is -0.309 e. The molecule has 0 aliphatic heterocycles. The molecule has 2 heterocycles. The number of benzene rings is 9. The van der Waals surface area contributed by atoms with Gasteiger partial charge in [0.05, 0.1) is 21.4 Å². The summed E-state index contributed by atoms with van der Waals surface area (Å²) in [7, 11) is 0. The van der Waals surface area contributed by atoms with Gasteiger partial charge in [-0.2, -0.15) is 0 Å². The number of rotatable bonds is 8. The molecular formula is C56H38N2S. The first-order valence-electron chi connectivity index (χ1n) is 20.1. The Bertz CT molecular complexity index is 3250. The molecule has 0 radical (unpaired) electrons. The molecule has 0 aliphatic carbocycles. The second-order valence-corrected chi connectivity index (χ2v) is 16.0. The summed E-state index contributed by atoms with van der Waals surface area (Å²) >= 11 is 1.88. The summed E-state index contributed by atoms with van der Waals surface area (Å²) < 4.78 is 4.92. The van der Waals surface area contributed by atoms with Crippen molar-refractivity contribution in [3.63, 3.8) is 0 Å². The van der Waals surface area contributed by atoms with Crippen LogP contribution >= 0.6 is 11.3 Å².